The van der Waals surface area contributed by atoms with Crippen molar-refractivity contribution in [2.75, 3.05) is 7.11 Å². The maximum Gasteiger partial charge on any atom is 0.203 e. The zero-order valence-electron chi connectivity index (χ0n) is 11.7. The van der Waals surface area contributed by atoms with Crippen LogP contribution in [0.25, 0.3) is 0 Å². The minimum absolute atomic E-state index is 0.0211. The number of carbonyl (C=O) groups excluding carboxylic acids is 1. The van der Waals surface area contributed by atoms with E-state index >= 15 is 0 Å². The van der Waals surface area contributed by atoms with Crippen LogP contribution < -0.4 is 9.47 Å². The van der Waals surface area contributed by atoms with Gasteiger partial charge in [-0.05, 0) is 5.56 Å². The highest BCUT2D eigenvalue weighted by molar-refractivity contribution is 6.06. The molecule has 0 amide bonds. The molecule has 1 heterocycles. The summed E-state index contributed by atoms with van der Waals surface area (Å²) in [7, 11) is 1.31. The highest BCUT2D eigenvalue weighted by Gasteiger charge is 2.41. The van der Waals surface area contributed by atoms with Crippen LogP contribution in [0.15, 0.2) is 36.4 Å². The Morgan fingerprint density at radius 2 is 1.86 bits per heavy atom. The second-order valence-electron chi connectivity index (χ2n) is 4.91. The number of aliphatic hydroxyl groups is 1. The lowest BCUT2D eigenvalue weighted by molar-refractivity contribution is 0.0198. The van der Waals surface area contributed by atoms with E-state index in [9.17, 15) is 20.1 Å². The van der Waals surface area contributed by atoms with Gasteiger partial charge in [-0.1, -0.05) is 30.3 Å². The fraction of sp³-hybridized carbons (Fsp3) is 0.188. The summed E-state index contributed by atoms with van der Waals surface area (Å²) in [4.78, 5) is 12.3. The Morgan fingerprint density at radius 1 is 1.18 bits per heavy atom. The summed E-state index contributed by atoms with van der Waals surface area (Å²) in [5.74, 6) is -1.74. The molecule has 0 radical (unpaired) electrons. The quantitative estimate of drug-likeness (QED) is 0.732. The Morgan fingerprint density at radius 3 is 2.50 bits per heavy atom. The number of aliphatic hydroxyl groups excluding tert-OH is 1. The van der Waals surface area contributed by atoms with E-state index in [0.29, 0.717) is 5.56 Å². The van der Waals surface area contributed by atoms with E-state index in [4.69, 9.17) is 9.47 Å². The molecule has 1 aliphatic heterocycles. The maximum atomic E-state index is 12.3. The van der Waals surface area contributed by atoms with Crippen LogP contribution in [0.4, 0.5) is 0 Å². The summed E-state index contributed by atoms with van der Waals surface area (Å²) in [6.07, 6.45) is -2.45. The Kier molecular flexibility index (Phi) is 3.38. The molecule has 2 atom stereocenters. The summed E-state index contributed by atoms with van der Waals surface area (Å²) >= 11 is 0. The monoisotopic (exact) mass is 302 g/mol. The molecular formula is C16H14O6. The third kappa shape index (κ3) is 2.05. The van der Waals surface area contributed by atoms with E-state index in [2.05, 4.69) is 0 Å². The van der Waals surface area contributed by atoms with E-state index < -0.39 is 29.5 Å². The average molecular weight is 302 g/mol. The first kappa shape index (κ1) is 14.2. The first-order chi connectivity index (χ1) is 10.5. The molecule has 2 aromatic rings. The van der Waals surface area contributed by atoms with Crippen molar-refractivity contribution in [2.45, 2.75) is 12.2 Å². The molecular weight excluding hydrogens is 288 g/mol. The lowest BCUT2D eigenvalue weighted by Crippen LogP contribution is -2.36. The van der Waals surface area contributed by atoms with Crippen LogP contribution in [0.1, 0.15) is 22.0 Å². The number of benzene rings is 2. The van der Waals surface area contributed by atoms with Crippen molar-refractivity contribution in [2.24, 2.45) is 0 Å². The largest absolute Gasteiger partial charge is 0.507 e. The van der Waals surface area contributed by atoms with Crippen molar-refractivity contribution in [3.63, 3.8) is 0 Å². The Bertz CT molecular complexity index is 725. The smallest absolute Gasteiger partial charge is 0.203 e. The highest BCUT2D eigenvalue weighted by atomic mass is 16.5. The van der Waals surface area contributed by atoms with Crippen LogP contribution >= 0.6 is 0 Å². The molecule has 0 aliphatic carbocycles. The Hall–Kier alpha value is -2.73. The molecule has 22 heavy (non-hydrogen) atoms. The Balaban J connectivity index is 2.15. The number of phenols is 2. The van der Waals surface area contributed by atoms with Gasteiger partial charge in [0.25, 0.3) is 0 Å². The van der Waals surface area contributed by atoms with Crippen molar-refractivity contribution >= 4 is 5.78 Å². The fourth-order valence-corrected chi connectivity index (χ4v) is 2.49. The van der Waals surface area contributed by atoms with E-state index in [-0.39, 0.29) is 17.1 Å². The summed E-state index contributed by atoms with van der Waals surface area (Å²) in [6.45, 7) is 0. The molecule has 0 saturated carbocycles. The van der Waals surface area contributed by atoms with E-state index in [1.165, 1.54) is 7.11 Å². The molecule has 0 aromatic heterocycles. The number of fused-ring (bicyclic) bond motifs is 1. The standard InChI is InChI=1S/C16H14O6/c1-21-10-7-9(17)11-13(19)14(20)15(22-16(11)12(10)18)8-5-3-2-4-6-8/h2-7,14-15,17-18,20H,1H3. The van der Waals surface area contributed by atoms with Gasteiger partial charge in [0, 0.05) is 6.07 Å². The van der Waals surface area contributed by atoms with Gasteiger partial charge in [-0.3, -0.25) is 4.79 Å². The number of hydrogen-bond acceptors (Lipinski definition) is 6. The fourth-order valence-electron chi connectivity index (χ4n) is 2.49. The van der Waals surface area contributed by atoms with Crippen molar-refractivity contribution in [1.82, 2.24) is 0 Å². The van der Waals surface area contributed by atoms with Gasteiger partial charge in [0.2, 0.25) is 11.5 Å². The first-order valence-electron chi connectivity index (χ1n) is 6.61. The van der Waals surface area contributed by atoms with E-state index in [1.807, 2.05) is 0 Å². The third-order valence-corrected chi connectivity index (χ3v) is 3.59. The van der Waals surface area contributed by atoms with E-state index in [1.54, 1.807) is 30.3 Å². The second-order valence-corrected chi connectivity index (χ2v) is 4.91. The number of ether oxygens (including phenoxy) is 2. The number of carbonyl (C=O) groups is 1. The number of hydrogen-bond donors (Lipinski definition) is 3. The molecule has 2 aromatic carbocycles. The van der Waals surface area contributed by atoms with Crippen molar-refractivity contribution in [3.05, 3.63) is 47.5 Å². The normalized spacial score (nSPS) is 20.2. The number of rotatable bonds is 2. The Labute approximate surface area is 126 Å². The van der Waals surface area contributed by atoms with Crippen LogP contribution in [0.2, 0.25) is 0 Å². The van der Waals surface area contributed by atoms with Gasteiger partial charge in [-0.15, -0.1) is 0 Å². The number of aromatic hydroxyl groups is 2. The van der Waals surface area contributed by atoms with Gasteiger partial charge in [-0.25, -0.2) is 0 Å². The molecule has 3 N–H and O–H groups in total. The number of ketones is 1. The molecule has 114 valence electrons. The highest BCUT2D eigenvalue weighted by Crippen LogP contribution is 2.49. The van der Waals surface area contributed by atoms with Crippen molar-refractivity contribution in [1.29, 1.82) is 0 Å². The lowest BCUT2D eigenvalue weighted by atomic mass is 9.92. The SMILES string of the molecule is COc1cc(O)c2c(c1O)OC(c1ccccc1)C(O)C2=O. The molecule has 6 heteroatoms. The summed E-state index contributed by atoms with van der Waals surface area (Å²) in [5.41, 5.74) is 0.327. The average Bonchev–Trinajstić information content (AvgIpc) is 2.54. The summed E-state index contributed by atoms with van der Waals surface area (Å²) in [5, 5.41) is 30.2. The zero-order valence-corrected chi connectivity index (χ0v) is 11.7. The van der Waals surface area contributed by atoms with Crippen LogP contribution in [0.5, 0.6) is 23.0 Å². The number of phenolic OH excluding ortho intramolecular Hbond substituents is 2. The van der Waals surface area contributed by atoms with Crippen LogP contribution in [0.3, 0.4) is 0 Å². The van der Waals surface area contributed by atoms with Gasteiger partial charge < -0.3 is 24.8 Å². The second kappa shape index (κ2) is 5.23. The molecule has 0 bridgehead atoms. The van der Waals surface area contributed by atoms with Gasteiger partial charge in [0.1, 0.15) is 11.3 Å². The molecule has 1 aliphatic rings. The van der Waals surface area contributed by atoms with Gasteiger partial charge in [0.05, 0.1) is 7.11 Å². The zero-order chi connectivity index (χ0) is 15.9. The van der Waals surface area contributed by atoms with Gasteiger partial charge >= 0.3 is 0 Å². The topological polar surface area (TPSA) is 96.2 Å². The molecule has 2 unspecified atom stereocenters. The van der Waals surface area contributed by atoms with Gasteiger partial charge in [0.15, 0.2) is 23.7 Å². The summed E-state index contributed by atoms with van der Waals surface area (Å²) in [6, 6.07) is 9.78. The predicted octanol–water partition coefficient (Wildman–Crippen LogP) is 1.78. The van der Waals surface area contributed by atoms with Crippen molar-refractivity contribution < 1.29 is 29.6 Å². The molecule has 0 saturated heterocycles. The van der Waals surface area contributed by atoms with Crippen molar-refractivity contribution in [3.8, 4) is 23.0 Å². The van der Waals surface area contributed by atoms with Crippen LogP contribution in [-0.2, 0) is 0 Å². The molecule has 0 fully saturated rings. The molecule has 3 rings (SSSR count). The molecule has 0 spiro atoms. The first-order valence-corrected chi connectivity index (χ1v) is 6.61. The lowest BCUT2D eigenvalue weighted by Gasteiger charge is -2.30. The minimum Gasteiger partial charge on any atom is -0.507 e. The summed E-state index contributed by atoms with van der Waals surface area (Å²) < 4.78 is 10.5. The number of Topliss-reactive ketones (excluding diaryl/α,β-unsaturated/α-hetero) is 1. The molecule has 6 nitrogen and oxygen atoms in total. The van der Waals surface area contributed by atoms with E-state index in [0.717, 1.165) is 6.07 Å². The van der Waals surface area contributed by atoms with Crippen LogP contribution in [0, 0.1) is 0 Å². The maximum absolute atomic E-state index is 12.3. The minimum atomic E-state index is -1.48. The third-order valence-electron chi connectivity index (χ3n) is 3.59. The number of methoxy groups -OCH3 is 1. The van der Waals surface area contributed by atoms with Crippen LogP contribution in [-0.4, -0.2) is 34.3 Å². The predicted molar refractivity (Wildman–Crippen MR) is 76.5 cm³/mol. The van der Waals surface area contributed by atoms with Gasteiger partial charge in [-0.2, -0.15) is 0 Å².